The fraction of sp³-hybridized carbons (Fsp3) is 0.476. The topological polar surface area (TPSA) is 40.6 Å². The summed E-state index contributed by atoms with van der Waals surface area (Å²) in [5, 5.41) is 3.56. The van der Waals surface area contributed by atoms with E-state index in [0.29, 0.717) is 0 Å². The van der Waals surface area contributed by atoms with Crippen molar-refractivity contribution in [3.8, 4) is 5.75 Å². The van der Waals surface area contributed by atoms with E-state index in [1.807, 2.05) is 24.4 Å². The maximum Gasteiger partial charge on any atom is 0.133 e. The molecule has 140 valence electrons. The average Bonchev–Trinajstić information content (AvgIpc) is 2.64. The van der Waals surface area contributed by atoms with Gasteiger partial charge in [0.1, 0.15) is 11.6 Å². The number of aromatic nitrogens is 1. The summed E-state index contributed by atoms with van der Waals surface area (Å²) in [5.74, 6) is 2.07. The van der Waals surface area contributed by atoms with Crippen LogP contribution in [0, 0.1) is 0 Å². The van der Waals surface area contributed by atoms with Crippen LogP contribution in [0.15, 0.2) is 42.6 Å². The highest BCUT2D eigenvalue weighted by Crippen LogP contribution is 2.21. The number of piperazine rings is 1. The molecule has 0 spiro atoms. The molecule has 3 rings (SSSR count). The Labute approximate surface area is 157 Å². The number of hydrogen-bond donors (Lipinski definition) is 1. The lowest BCUT2D eigenvalue weighted by molar-refractivity contribution is 0.239. The van der Waals surface area contributed by atoms with Gasteiger partial charge in [-0.1, -0.05) is 24.3 Å². The molecule has 1 aliphatic rings. The first-order valence-electron chi connectivity index (χ1n) is 9.46. The monoisotopic (exact) mass is 354 g/mol. The van der Waals surface area contributed by atoms with Gasteiger partial charge in [0.2, 0.25) is 0 Å². The maximum absolute atomic E-state index is 5.91. The van der Waals surface area contributed by atoms with Gasteiger partial charge >= 0.3 is 0 Å². The predicted octanol–water partition coefficient (Wildman–Crippen LogP) is 2.91. The van der Waals surface area contributed by atoms with Crippen LogP contribution < -0.4 is 15.0 Å². The highest BCUT2D eigenvalue weighted by atomic mass is 16.5. The molecule has 0 unspecified atom stereocenters. The average molecular weight is 354 g/mol. The van der Waals surface area contributed by atoms with Gasteiger partial charge in [-0.3, -0.25) is 0 Å². The van der Waals surface area contributed by atoms with Crippen molar-refractivity contribution in [3.63, 3.8) is 0 Å². The van der Waals surface area contributed by atoms with E-state index < -0.39 is 0 Å². The minimum atomic E-state index is 0.179. The highest BCUT2D eigenvalue weighted by Gasteiger charge is 2.17. The summed E-state index contributed by atoms with van der Waals surface area (Å²) in [5.41, 5.74) is 2.44. The van der Waals surface area contributed by atoms with Gasteiger partial charge in [0, 0.05) is 56.6 Å². The van der Waals surface area contributed by atoms with E-state index in [4.69, 9.17) is 4.74 Å². The van der Waals surface area contributed by atoms with E-state index in [9.17, 15) is 0 Å². The van der Waals surface area contributed by atoms with Crippen molar-refractivity contribution in [3.05, 3.63) is 53.7 Å². The van der Waals surface area contributed by atoms with Crippen LogP contribution in [0.25, 0.3) is 0 Å². The number of benzene rings is 1. The SMILES string of the molecule is CC(C)Oc1ccccc1CNCc1cccnc1N1CCN(C)CC1. The molecule has 0 radical (unpaired) electrons. The zero-order valence-corrected chi connectivity index (χ0v) is 16.1. The third kappa shape index (κ3) is 4.96. The van der Waals surface area contributed by atoms with Crippen LogP contribution in [-0.4, -0.2) is 49.2 Å². The van der Waals surface area contributed by atoms with Crippen molar-refractivity contribution in [1.82, 2.24) is 15.2 Å². The Balaban J connectivity index is 1.62. The van der Waals surface area contributed by atoms with Crippen LogP contribution in [-0.2, 0) is 13.1 Å². The van der Waals surface area contributed by atoms with E-state index in [1.54, 1.807) is 0 Å². The molecule has 1 aromatic heterocycles. The summed E-state index contributed by atoms with van der Waals surface area (Å²) >= 11 is 0. The van der Waals surface area contributed by atoms with E-state index in [2.05, 4.69) is 59.2 Å². The van der Waals surface area contributed by atoms with Gasteiger partial charge in [-0.2, -0.15) is 0 Å². The molecule has 0 amide bonds. The summed E-state index contributed by atoms with van der Waals surface area (Å²) in [6.45, 7) is 9.93. The fourth-order valence-corrected chi connectivity index (χ4v) is 3.22. The van der Waals surface area contributed by atoms with Crippen molar-refractivity contribution in [2.24, 2.45) is 0 Å². The van der Waals surface area contributed by atoms with Crippen molar-refractivity contribution >= 4 is 5.82 Å². The third-order valence-corrected chi connectivity index (χ3v) is 4.64. The molecule has 0 atom stereocenters. The molecule has 2 aromatic rings. The number of rotatable bonds is 7. The Hall–Kier alpha value is -2.11. The molecule has 5 nitrogen and oxygen atoms in total. The Morgan fingerprint density at radius 2 is 1.69 bits per heavy atom. The number of pyridine rings is 1. The summed E-state index contributed by atoms with van der Waals surface area (Å²) in [4.78, 5) is 9.41. The lowest BCUT2D eigenvalue weighted by Gasteiger charge is -2.34. The molecule has 0 bridgehead atoms. The first-order valence-corrected chi connectivity index (χ1v) is 9.46. The number of likely N-dealkylation sites (N-methyl/N-ethyl adjacent to an activating group) is 1. The Kier molecular flexibility index (Phi) is 6.47. The summed E-state index contributed by atoms with van der Waals surface area (Å²) in [6.07, 6.45) is 2.07. The van der Waals surface area contributed by atoms with Crippen LogP contribution in [0.2, 0.25) is 0 Å². The molecule has 0 aliphatic carbocycles. The van der Waals surface area contributed by atoms with Crippen LogP contribution in [0.3, 0.4) is 0 Å². The fourth-order valence-electron chi connectivity index (χ4n) is 3.22. The van der Waals surface area contributed by atoms with E-state index in [1.165, 1.54) is 11.1 Å². The summed E-state index contributed by atoms with van der Waals surface area (Å²) < 4.78 is 5.91. The normalized spacial score (nSPS) is 15.5. The minimum absolute atomic E-state index is 0.179. The Morgan fingerprint density at radius 3 is 2.46 bits per heavy atom. The Bertz CT molecular complexity index is 696. The second-order valence-electron chi connectivity index (χ2n) is 7.15. The smallest absolute Gasteiger partial charge is 0.133 e. The second-order valence-corrected chi connectivity index (χ2v) is 7.15. The van der Waals surface area contributed by atoms with E-state index >= 15 is 0 Å². The molecule has 1 N–H and O–H groups in total. The largest absolute Gasteiger partial charge is 0.491 e. The molecule has 1 fully saturated rings. The zero-order valence-electron chi connectivity index (χ0n) is 16.1. The third-order valence-electron chi connectivity index (χ3n) is 4.64. The molecular weight excluding hydrogens is 324 g/mol. The molecule has 1 aliphatic heterocycles. The van der Waals surface area contributed by atoms with Gasteiger partial charge in [0.05, 0.1) is 6.10 Å². The quantitative estimate of drug-likeness (QED) is 0.828. The lowest BCUT2D eigenvalue weighted by Crippen LogP contribution is -2.45. The van der Waals surface area contributed by atoms with Crippen molar-refractivity contribution in [1.29, 1.82) is 0 Å². The second kappa shape index (κ2) is 9.01. The molecule has 2 heterocycles. The molecule has 0 saturated carbocycles. The van der Waals surface area contributed by atoms with Gasteiger partial charge in [0.25, 0.3) is 0 Å². The van der Waals surface area contributed by atoms with E-state index in [-0.39, 0.29) is 6.10 Å². The highest BCUT2D eigenvalue weighted by molar-refractivity contribution is 5.47. The molecule has 1 aromatic carbocycles. The number of para-hydroxylation sites is 1. The van der Waals surface area contributed by atoms with Gasteiger partial charge < -0.3 is 19.9 Å². The van der Waals surface area contributed by atoms with Crippen LogP contribution in [0.1, 0.15) is 25.0 Å². The molecule has 26 heavy (non-hydrogen) atoms. The predicted molar refractivity (Wildman–Crippen MR) is 107 cm³/mol. The summed E-state index contributed by atoms with van der Waals surface area (Å²) in [6, 6.07) is 12.4. The Morgan fingerprint density at radius 1 is 1.00 bits per heavy atom. The van der Waals surface area contributed by atoms with Crippen LogP contribution in [0.5, 0.6) is 5.75 Å². The maximum atomic E-state index is 5.91. The molecule has 1 saturated heterocycles. The minimum Gasteiger partial charge on any atom is -0.491 e. The number of ether oxygens (including phenoxy) is 1. The summed E-state index contributed by atoms with van der Waals surface area (Å²) in [7, 11) is 2.18. The van der Waals surface area contributed by atoms with E-state index in [0.717, 1.165) is 50.8 Å². The van der Waals surface area contributed by atoms with Crippen molar-refractivity contribution in [2.45, 2.75) is 33.0 Å². The standard InChI is InChI=1S/C21H30N4O/c1-17(2)26-20-9-5-4-7-18(20)15-22-16-19-8-6-10-23-21(19)25-13-11-24(3)12-14-25/h4-10,17,22H,11-16H2,1-3H3. The molecular formula is C21H30N4O. The zero-order chi connectivity index (χ0) is 18.4. The van der Waals surface area contributed by atoms with Crippen molar-refractivity contribution in [2.75, 3.05) is 38.1 Å². The molecule has 5 heteroatoms. The number of anilines is 1. The van der Waals surface area contributed by atoms with Gasteiger partial charge in [-0.15, -0.1) is 0 Å². The van der Waals surface area contributed by atoms with Crippen molar-refractivity contribution < 1.29 is 4.74 Å². The van der Waals surface area contributed by atoms with Crippen LogP contribution >= 0.6 is 0 Å². The lowest BCUT2D eigenvalue weighted by atomic mass is 10.1. The first-order chi connectivity index (χ1) is 12.6. The van der Waals surface area contributed by atoms with Gasteiger partial charge in [-0.05, 0) is 33.0 Å². The number of hydrogen-bond acceptors (Lipinski definition) is 5. The van der Waals surface area contributed by atoms with Gasteiger partial charge in [-0.25, -0.2) is 4.98 Å². The van der Waals surface area contributed by atoms with Crippen LogP contribution in [0.4, 0.5) is 5.82 Å². The first kappa shape index (κ1) is 18.7. The number of nitrogens with zero attached hydrogens (tertiary/aromatic N) is 3. The number of nitrogens with one attached hydrogen (secondary N) is 1. The van der Waals surface area contributed by atoms with Gasteiger partial charge in [0.15, 0.2) is 0 Å².